The average Bonchev–Trinajstić information content (AvgIpc) is 3.21. The fraction of sp³-hybridized carbons (Fsp3) is 0.143. The van der Waals surface area contributed by atoms with E-state index < -0.39 is 11.7 Å². The summed E-state index contributed by atoms with van der Waals surface area (Å²) < 4.78 is 50.1. The van der Waals surface area contributed by atoms with Gasteiger partial charge in [0.25, 0.3) is 0 Å². The van der Waals surface area contributed by atoms with Crippen molar-refractivity contribution in [2.45, 2.75) is 6.18 Å². The highest BCUT2D eigenvalue weighted by Crippen LogP contribution is 2.36. The molecule has 0 aliphatic heterocycles. The molecule has 0 fully saturated rings. The first-order valence-corrected chi connectivity index (χ1v) is 9.21. The van der Waals surface area contributed by atoms with Crippen LogP contribution in [0.4, 0.5) is 13.2 Å². The predicted molar refractivity (Wildman–Crippen MR) is 106 cm³/mol. The summed E-state index contributed by atoms with van der Waals surface area (Å²) in [5, 5.41) is 11.6. The van der Waals surface area contributed by atoms with Crippen LogP contribution in [-0.2, 0) is 6.18 Å². The molecule has 29 heavy (non-hydrogen) atoms. The fourth-order valence-electron chi connectivity index (χ4n) is 2.70. The van der Waals surface area contributed by atoms with E-state index in [-0.39, 0.29) is 11.1 Å². The second-order valence-electron chi connectivity index (χ2n) is 5.86. The molecular weight excluding hydrogens is 401 g/mol. The van der Waals surface area contributed by atoms with Gasteiger partial charge in [-0.2, -0.15) is 18.4 Å². The fourth-order valence-corrected chi connectivity index (χ4v) is 3.50. The predicted octanol–water partition coefficient (Wildman–Crippen LogP) is 5.91. The first kappa shape index (κ1) is 20.4. The number of methoxy groups -OCH3 is 2. The van der Waals surface area contributed by atoms with E-state index in [0.717, 1.165) is 11.6 Å². The Bertz CT molecular complexity index is 1100. The zero-order chi connectivity index (χ0) is 21.0. The zero-order valence-electron chi connectivity index (χ0n) is 15.4. The monoisotopic (exact) mass is 416 g/mol. The lowest BCUT2D eigenvalue weighted by molar-refractivity contribution is -0.137. The van der Waals surface area contributed by atoms with E-state index in [1.165, 1.54) is 49.8 Å². The second kappa shape index (κ2) is 8.37. The van der Waals surface area contributed by atoms with Gasteiger partial charge >= 0.3 is 6.18 Å². The molecule has 0 radical (unpaired) electrons. The van der Waals surface area contributed by atoms with Crippen LogP contribution >= 0.6 is 11.3 Å². The van der Waals surface area contributed by atoms with Crippen LogP contribution in [0.5, 0.6) is 11.5 Å². The Balaban J connectivity index is 2.00. The molecule has 1 aromatic heterocycles. The van der Waals surface area contributed by atoms with Gasteiger partial charge in [0.05, 0.1) is 31.1 Å². The molecule has 4 nitrogen and oxygen atoms in total. The van der Waals surface area contributed by atoms with Crippen molar-refractivity contribution in [3.05, 3.63) is 64.0 Å². The van der Waals surface area contributed by atoms with Gasteiger partial charge in [-0.05, 0) is 35.9 Å². The minimum absolute atomic E-state index is 0.0541. The number of rotatable bonds is 5. The number of thiazole rings is 1. The molecule has 0 bridgehead atoms. The summed E-state index contributed by atoms with van der Waals surface area (Å²) in [6.07, 6.45) is -3.30. The number of hydrogen-bond acceptors (Lipinski definition) is 5. The van der Waals surface area contributed by atoms with Crippen molar-refractivity contribution in [3.63, 3.8) is 0 Å². The highest BCUT2D eigenvalue weighted by Gasteiger charge is 2.32. The van der Waals surface area contributed by atoms with E-state index in [1.54, 1.807) is 23.6 Å². The third-order valence-electron chi connectivity index (χ3n) is 4.10. The largest absolute Gasteiger partial charge is 0.493 e. The average molecular weight is 416 g/mol. The molecule has 0 N–H and O–H groups in total. The van der Waals surface area contributed by atoms with E-state index in [0.29, 0.717) is 22.2 Å². The molecule has 0 atom stereocenters. The van der Waals surface area contributed by atoms with Crippen LogP contribution in [0.15, 0.2) is 47.8 Å². The molecule has 3 rings (SSSR count). The van der Waals surface area contributed by atoms with Gasteiger partial charge < -0.3 is 9.47 Å². The van der Waals surface area contributed by atoms with E-state index >= 15 is 0 Å². The smallest absolute Gasteiger partial charge is 0.416 e. The maximum atomic E-state index is 13.2. The van der Waals surface area contributed by atoms with Crippen molar-refractivity contribution in [3.8, 4) is 28.8 Å². The van der Waals surface area contributed by atoms with Crippen molar-refractivity contribution < 1.29 is 22.6 Å². The summed E-state index contributed by atoms with van der Waals surface area (Å²) in [5.74, 6) is 1.09. The maximum absolute atomic E-state index is 13.2. The minimum atomic E-state index is -4.51. The van der Waals surface area contributed by atoms with Crippen molar-refractivity contribution in [2.75, 3.05) is 14.2 Å². The number of aromatic nitrogens is 1. The van der Waals surface area contributed by atoms with Gasteiger partial charge in [0, 0.05) is 10.9 Å². The molecule has 1 heterocycles. The molecule has 0 amide bonds. The minimum Gasteiger partial charge on any atom is -0.493 e. The van der Waals surface area contributed by atoms with E-state index in [4.69, 9.17) is 9.47 Å². The van der Waals surface area contributed by atoms with Gasteiger partial charge in [-0.3, -0.25) is 0 Å². The first-order chi connectivity index (χ1) is 13.9. The number of benzene rings is 2. The SMILES string of the molecule is COc1ccc(-c2csc(C(C#N)=Cc3ccccc3C(F)(F)F)n2)cc1OC. The quantitative estimate of drug-likeness (QED) is 0.485. The van der Waals surface area contributed by atoms with Crippen LogP contribution in [0, 0.1) is 11.3 Å². The molecule has 2 aromatic carbocycles. The van der Waals surface area contributed by atoms with Crippen LogP contribution in [0.25, 0.3) is 22.9 Å². The van der Waals surface area contributed by atoms with Crippen molar-refractivity contribution in [2.24, 2.45) is 0 Å². The third kappa shape index (κ3) is 4.41. The lowest BCUT2D eigenvalue weighted by atomic mass is 10.0. The molecule has 3 aromatic rings. The number of allylic oxidation sites excluding steroid dienone is 1. The van der Waals surface area contributed by atoms with E-state index in [1.807, 2.05) is 6.07 Å². The summed E-state index contributed by atoms with van der Waals surface area (Å²) in [6.45, 7) is 0. The number of nitrogens with zero attached hydrogens (tertiary/aromatic N) is 2. The highest BCUT2D eigenvalue weighted by atomic mass is 32.1. The zero-order valence-corrected chi connectivity index (χ0v) is 16.3. The van der Waals surface area contributed by atoms with E-state index in [2.05, 4.69) is 4.98 Å². The molecule has 0 spiro atoms. The van der Waals surface area contributed by atoms with E-state index in [9.17, 15) is 18.4 Å². The number of halogens is 3. The Kier molecular flexibility index (Phi) is 5.89. The normalized spacial score (nSPS) is 11.8. The van der Waals surface area contributed by atoms with Gasteiger partial charge in [-0.25, -0.2) is 4.98 Å². The molecule has 148 valence electrons. The molecule has 0 saturated heterocycles. The Labute approximate surface area is 169 Å². The van der Waals surface area contributed by atoms with Crippen molar-refractivity contribution >= 4 is 23.0 Å². The van der Waals surface area contributed by atoms with Gasteiger partial charge in [0.1, 0.15) is 11.1 Å². The Morgan fingerprint density at radius 2 is 1.83 bits per heavy atom. The molecule has 8 heteroatoms. The maximum Gasteiger partial charge on any atom is 0.416 e. The van der Waals surface area contributed by atoms with Crippen molar-refractivity contribution in [1.29, 1.82) is 5.26 Å². The number of hydrogen-bond donors (Lipinski definition) is 0. The standard InChI is InChI=1S/C21H15F3N2O2S/c1-27-18-8-7-14(10-19(18)28-2)17-12-29-20(26-17)15(11-25)9-13-5-3-4-6-16(13)21(22,23)24/h3-10,12H,1-2H3. The summed E-state index contributed by atoms with van der Waals surface area (Å²) in [5.41, 5.74) is 0.483. The molecule has 0 aliphatic carbocycles. The third-order valence-corrected chi connectivity index (χ3v) is 4.98. The van der Waals surface area contributed by atoms with Crippen LogP contribution < -0.4 is 9.47 Å². The van der Waals surface area contributed by atoms with Crippen LogP contribution in [0.3, 0.4) is 0 Å². The topological polar surface area (TPSA) is 55.1 Å². The van der Waals surface area contributed by atoms with Crippen LogP contribution in [0.2, 0.25) is 0 Å². The molecule has 0 aliphatic rings. The molecule has 0 saturated carbocycles. The van der Waals surface area contributed by atoms with Gasteiger partial charge in [-0.1, -0.05) is 18.2 Å². The van der Waals surface area contributed by atoms with Crippen LogP contribution in [0.1, 0.15) is 16.1 Å². The summed E-state index contributed by atoms with van der Waals surface area (Å²) in [4.78, 5) is 4.42. The summed E-state index contributed by atoms with van der Waals surface area (Å²) in [6, 6.07) is 12.3. The summed E-state index contributed by atoms with van der Waals surface area (Å²) in [7, 11) is 3.05. The number of ether oxygens (including phenoxy) is 2. The Hall–Kier alpha value is -3.31. The lowest BCUT2D eigenvalue weighted by Crippen LogP contribution is -2.07. The molecule has 0 unspecified atom stereocenters. The van der Waals surface area contributed by atoms with Gasteiger partial charge in [0.2, 0.25) is 0 Å². The Morgan fingerprint density at radius 1 is 1.10 bits per heavy atom. The summed E-state index contributed by atoms with van der Waals surface area (Å²) >= 11 is 1.18. The Morgan fingerprint density at radius 3 is 2.48 bits per heavy atom. The van der Waals surface area contributed by atoms with Crippen LogP contribution in [-0.4, -0.2) is 19.2 Å². The van der Waals surface area contributed by atoms with Crippen molar-refractivity contribution in [1.82, 2.24) is 4.98 Å². The van der Waals surface area contributed by atoms with Gasteiger partial charge in [0.15, 0.2) is 11.5 Å². The van der Waals surface area contributed by atoms with Gasteiger partial charge in [-0.15, -0.1) is 11.3 Å². The number of nitriles is 1. The second-order valence-corrected chi connectivity index (χ2v) is 6.72. The number of alkyl halides is 3. The first-order valence-electron chi connectivity index (χ1n) is 8.33. The lowest BCUT2D eigenvalue weighted by Gasteiger charge is -2.10. The molecular formula is C21H15F3N2O2S. The highest BCUT2D eigenvalue weighted by molar-refractivity contribution is 7.11.